The van der Waals surface area contributed by atoms with Gasteiger partial charge in [0.25, 0.3) is 0 Å². The number of hydrogen-bond acceptors (Lipinski definition) is 3. The molecule has 0 aromatic heterocycles. The molecule has 38 heavy (non-hydrogen) atoms. The molecular formula is C29H30Cl5N3O. The molecular weight excluding hydrogens is 584 g/mol. The molecule has 3 aromatic carbocycles. The monoisotopic (exact) mass is 611 g/mol. The number of carbonyl (C=O) groups is 1. The third-order valence-corrected chi connectivity index (χ3v) is 8.35. The summed E-state index contributed by atoms with van der Waals surface area (Å²) in [6, 6.07) is 19.6. The number of halogens is 5. The predicted octanol–water partition coefficient (Wildman–Crippen LogP) is 7.04. The summed E-state index contributed by atoms with van der Waals surface area (Å²) < 4.78 is 0. The average molecular weight is 614 g/mol. The largest absolute Gasteiger partial charge is 0.340 e. The molecule has 0 unspecified atom stereocenters. The van der Waals surface area contributed by atoms with Crippen molar-refractivity contribution in [1.29, 1.82) is 0 Å². The van der Waals surface area contributed by atoms with Crippen LogP contribution in [0.15, 0.2) is 60.7 Å². The molecule has 5 rings (SSSR count). The number of benzene rings is 3. The van der Waals surface area contributed by atoms with Crippen molar-refractivity contribution in [3.05, 3.63) is 103 Å². The molecule has 3 aromatic rings. The number of rotatable bonds is 6. The van der Waals surface area contributed by atoms with E-state index in [9.17, 15) is 4.79 Å². The van der Waals surface area contributed by atoms with Gasteiger partial charge in [-0.25, -0.2) is 0 Å². The van der Waals surface area contributed by atoms with Crippen molar-refractivity contribution in [2.75, 3.05) is 33.2 Å². The van der Waals surface area contributed by atoms with Gasteiger partial charge in [-0.1, -0.05) is 70.7 Å². The second kappa shape index (κ2) is 12.3. The Morgan fingerprint density at radius 2 is 1.26 bits per heavy atom. The summed E-state index contributed by atoms with van der Waals surface area (Å²) in [5.41, 5.74) is 3.93. The molecule has 1 fully saturated rings. The number of amides is 1. The molecule has 1 amide bonds. The molecule has 1 aliphatic heterocycles. The second-order valence-electron chi connectivity index (χ2n) is 10.1. The molecule has 202 valence electrons. The SMILES string of the molecule is CN(Cc1cc(Cl)cc(Cl)c1)C(=O)C1(N2CCN(Cc3cc(Cl)cc(Cl)c3)CC2)Cc2ccccc2C1.Cl. The van der Waals surface area contributed by atoms with Crippen LogP contribution >= 0.6 is 58.8 Å². The van der Waals surface area contributed by atoms with E-state index in [1.807, 2.05) is 36.2 Å². The van der Waals surface area contributed by atoms with E-state index in [0.29, 0.717) is 39.5 Å². The van der Waals surface area contributed by atoms with Gasteiger partial charge in [-0.05, 0) is 58.7 Å². The number of nitrogens with zero attached hydrogens (tertiary/aromatic N) is 3. The summed E-state index contributed by atoms with van der Waals surface area (Å²) in [7, 11) is 1.88. The van der Waals surface area contributed by atoms with Crippen LogP contribution in [-0.4, -0.2) is 59.4 Å². The number of likely N-dealkylation sites (N-methyl/N-ethyl adjacent to an activating group) is 1. The van der Waals surface area contributed by atoms with Crippen LogP contribution < -0.4 is 0 Å². The summed E-state index contributed by atoms with van der Waals surface area (Å²) in [4.78, 5) is 20.9. The first-order valence-electron chi connectivity index (χ1n) is 12.4. The van der Waals surface area contributed by atoms with Crippen molar-refractivity contribution in [3.63, 3.8) is 0 Å². The Morgan fingerprint density at radius 3 is 1.76 bits per heavy atom. The van der Waals surface area contributed by atoms with E-state index < -0.39 is 5.54 Å². The fraction of sp³-hybridized carbons (Fsp3) is 0.345. The zero-order chi connectivity index (χ0) is 26.2. The van der Waals surface area contributed by atoms with Crippen LogP contribution in [-0.2, 0) is 30.7 Å². The lowest BCUT2D eigenvalue weighted by Gasteiger charge is -2.46. The first-order chi connectivity index (χ1) is 17.7. The van der Waals surface area contributed by atoms with E-state index in [0.717, 1.165) is 43.9 Å². The molecule has 2 aliphatic rings. The summed E-state index contributed by atoms with van der Waals surface area (Å²) >= 11 is 24.9. The lowest BCUT2D eigenvalue weighted by Crippen LogP contribution is -2.64. The Kier molecular flexibility index (Phi) is 9.58. The summed E-state index contributed by atoms with van der Waals surface area (Å²) in [5.74, 6) is 0.134. The minimum absolute atomic E-state index is 0. The number of carbonyl (C=O) groups excluding carboxylic acids is 1. The van der Waals surface area contributed by atoms with E-state index in [-0.39, 0.29) is 18.3 Å². The highest BCUT2D eigenvalue weighted by atomic mass is 35.5. The van der Waals surface area contributed by atoms with Gasteiger partial charge in [0.1, 0.15) is 5.54 Å². The van der Waals surface area contributed by atoms with Crippen LogP contribution in [0.3, 0.4) is 0 Å². The van der Waals surface area contributed by atoms with E-state index in [1.54, 1.807) is 12.1 Å². The molecule has 0 saturated carbocycles. The van der Waals surface area contributed by atoms with E-state index in [1.165, 1.54) is 11.1 Å². The Hall–Kier alpha value is -1.50. The van der Waals surface area contributed by atoms with Gasteiger partial charge in [0.05, 0.1) is 0 Å². The van der Waals surface area contributed by atoms with Crippen molar-refractivity contribution in [3.8, 4) is 0 Å². The quantitative estimate of drug-likeness (QED) is 0.299. The Morgan fingerprint density at radius 1 is 0.789 bits per heavy atom. The molecule has 0 radical (unpaired) electrons. The Labute approximate surface area is 250 Å². The number of piperazine rings is 1. The maximum absolute atomic E-state index is 14.2. The third kappa shape index (κ3) is 6.45. The normalized spacial score (nSPS) is 17.1. The van der Waals surface area contributed by atoms with Crippen LogP contribution in [0.5, 0.6) is 0 Å². The van der Waals surface area contributed by atoms with Crippen LogP contribution in [0.4, 0.5) is 0 Å². The van der Waals surface area contributed by atoms with E-state index in [4.69, 9.17) is 46.4 Å². The van der Waals surface area contributed by atoms with Crippen LogP contribution in [0.25, 0.3) is 0 Å². The minimum atomic E-state index is -0.605. The predicted molar refractivity (Wildman–Crippen MR) is 160 cm³/mol. The molecule has 1 heterocycles. The number of fused-ring (bicyclic) bond motifs is 1. The van der Waals surface area contributed by atoms with E-state index in [2.05, 4.69) is 34.1 Å². The molecule has 1 saturated heterocycles. The van der Waals surface area contributed by atoms with Gasteiger partial charge in [-0.15, -0.1) is 12.4 Å². The summed E-state index contributed by atoms with van der Waals surface area (Å²) in [5, 5.41) is 2.45. The molecule has 0 bridgehead atoms. The third-order valence-electron chi connectivity index (χ3n) is 7.48. The van der Waals surface area contributed by atoms with Crippen molar-refractivity contribution in [2.24, 2.45) is 0 Å². The van der Waals surface area contributed by atoms with Gasteiger partial charge < -0.3 is 4.90 Å². The topological polar surface area (TPSA) is 26.8 Å². The van der Waals surface area contributed by atoms with Gasteiger partial charge in [0, 0.05) is 79.2 Å². The first-order valence-corrected chi connectivity index (χ1v) is 13.9. The highest BCUT2D eigenvalue weighted by Gasteiger charge is 2.50. The van der Waals surface area contributed by atoms with Gasteiger partial charge in [0.15, 0.2) is 0 Å². The van der Waals surface area contributed by atoms with Gasteiger partial charge in [-0.2, -0.15) is 0 Å². The zero-order valence-electron chi connectivity index (χ0n) is 21.1. The highest BCUT2D eigenvalue weighted by Crippen LogP contribution is 2.37. The lowest BCUT2D eigenvalue weighted by atomic mass is 9.90. The van der Waals surface area contributed by atoms with Gasteiger partial charge in [-0.3, -0.25) is 14.6 Å². The first kappa shape index (κ1) is 29.5. The van der Waals surface area contributed by atoms with Gasteiger partial charge >= 0.3 is 0 Å². The molecule has 0 N–H and O–H groups in total. The second-order valence-corrected chi connectivity index (χ2v) is 11.9. The standard InChI is InChI=1S/C29H29Cl4N3O.ClH/c1-34(18-20-10-24(30)14-25(31)11-20)28(37)29(16-22-4-2-3-5-23(22)17-29)36-8-6-35(7-9-36)19-21-12-26(32)15-27(33)13-21;/h2-5,10-15H,6-9,16-19H2,1H3;1H. The Bertz CT molecular complexity index is 1240. The van der Waals surface area contributed by atoms with Crippen molar-refractivity contribution < 1.29 is 4.79 Å². The molecule has 9 heteroatoms. The molecule has 0 spiro atoms. The van der Waals surface area contributed by atoms with E-state index >= 15 is 0 Å². The maximum Gasteiger partial charge on any atom is 0.243 e. The molecule has 4 nitrogen and oxygen atoms in total. The van der Waals surface area contributed by atoms with Crippen LogP contribution in [0, 0.1) is 0 Å². The number of hydrogen-bond donors (Lipinski definition) is 0. The van der Waals surface area contributed by atoms with Crippen molar-refractivity contribution in [1.82, 2.24) is 14.7 Å². The van der Waals surface area contributed by atoms with Crippen LogP contribution in [0.2, 0.25) is 20.1 Å². The minimum Gasteiger partial charge on any atom is -0.340 e. The molecule has 0 atom stereocenters. The Balaban J connectivity index is 0.00000336. The van der Waals surface area contributed by atoms with Crippen molar-refractivity contribution >= 4 is 64.7 Å². The summed E-state index contributed by atoms with van der Waals surface area (Å²) in [6.07, 6.45) is 1.43. The van der Waals surface area contributed by atoms with Crippen LogP contribution in [0.1, 0.15) is 22.3 Å². The maximum atomic E-state index is 14.2. The average Bonchev–Trinajstić information content (AvgIpc) is 3.23. The smallest absolute Gasteiger partial charge is 0.243 e. The van der Waals surface area contributed by atoms with Gasteiger partial charge in [0.2, 0.25) is 5.91 Å². The van der Waals surface area contributed by atoms with Crippen molar-refractivity contribution in [2.45, 2.75) is 31.5 Å². The fourth-order valence-electron chi connectivity index (χ4n) is 5.80. The summed E-state index contributed by atoms with van der Waals surface area (Å²) in [6.45, 7) is 4.58. The fourth-order valence-corrected chi connectivity index (χ4v) is 6.95. The zero-order valence-corrected chi connectivity index (χ0v) is 24.9. The molecule has 1 aliphatic carbocycles. The lowest BCUT2D eigenvalue weighted by molar-refractivity contribution is -0.145. The highest BCUT2D eigenvalue weighted by molar-refractivity contribution is 6.35.